The van der Waals surface area contributed by atoms with Gasteiger partial charge in [-0.2, -0.15) is 0 Å². The van der Waals surface area contributed by atoms with E-state index in [1.165, 1.54) is 6.07 Å². The van der Waals surface area contributed by atoms with E-state index in [1.807, 2.05) is 43.3 Å². The van der Waals surface area contributed by atoms with Crippen LogP contribution in [0.4, 0.5) is 5.69 Å². The zero-order valence-electron chi connectivity index (χ0n) is 13.7. The summed E-state index contributed by atoms with van der Waals surface area (Å²) in [5, 5.41) is 25.0. The fraction of sp³-hybridized carbons (Fsp3) is 0.368. The van der Waals surface area contributed by atoms with Crippen LogP contribution in [-0.4, -0.2) is 16.6 Å². The topological polar surface area (TPSA) is 75.4 Å². The summed E-state index contributed by atoms with van der Waals surface area (Å²) in [6.45, 7) is 2.68. The number of hydrogen-bond donors (Lipinski definition) is 2. The maximum Gasteiger partial charge on any atom is 0.269 e. The lowest BCUT2D eigenvalue weighted by molar-refractivity contribution is -0.384. The van der Waals surface area contributed by atoms with E-state index in [0.717, 1.165) is 24.0 Å². The van der Waals surface area contributed by atoms with Gasteiger partial charge in [0.2, 0.25) is 0 Å². The number of non-ortho nitro benzene ring substituents is 1. The van der Waals surface area contributed by atoms with Crippen LogP contribution in [0.15, 0.2) is 54.6 Å². The number of nitro groups is 1. The van der Waals surface area contributed by atoms with E-state index in [0.29, 0.717) is 6.54 Å². The molecule has 0 spiro atoms. The van der Waals surface area contributed by atoms with E-state index in [2.05, 4.69) is 5.32 Å². The maximum absolute atomic E-state index is 10.9. The Bertz CT molecular complexity index is 714. The molecule has 2 aromatic carbocycles. The summed E-state index contributed by atoms with van der Waals surface area (Å²) in [4.78, 5) is 10.5. The molecule has 0 saturated heterocycles. The third-order valence-electron chi connectivity index (χ3n) is 4.93. The average Bonchev–Trinajstić information content (AvgIpc) is 3.41. The molecule has 2 atom stereocenters. The molecule has 0 bridgehead atoms. The lowest BCUT2D eigenvalue weighted by atomic mass is 9.92. The third-order valence-corrected chi connectivity index (χ3v) is 4.93. The number of hydrogen-bond acceptors (Lipinski definition) is 4. The van der Waals surface area contributed by atoms with Crippen molar-refractivity contribution in [2.45, 2.75) is 31.9 Å². The molecule has 2 unspecified atom stereocenters. The number of nitrogens with one attached hydrogen (secondary N) is 1. The van der Waals surface area contributed by atoms with Crippen LogP contribution in [0.1, 0.15) is 43.0 Å². The molecule has 0 aromatic heterocycles. The second-order valence-corrected chi connectivity index (χ2v) is 6.63. The predicted molar refractivity (Wildman–Crippen MR) is 92.6 cm³/mol. The summed E-state index contributed by atoms with van der Waals surface area (Å²) >= 11 is 0. The molecule has 24 heavy (non-hydrogen) atoms. The van der Waals surface area contributed by atoms with Gasteiger partial charge < -0.3 is 10.4 Å². The lowest BCUT2D eigenvalue weighted by Crippen LogP contribution is -2.30. The van der Waals surface area contributed by atoms with Gasteiger partial charge in [0.05, 0.1) is 11.0 Å². The van der Waals surface area contributed by atoms with E-state index in [4.69, 9.17) is 0 Å². The summed E-state index contributed by atoms with van der Waals surface area (Å²) in [5.74, 6) is 0. The van der Waals surface area contributed by atoms with Crippen molar-refractivity contribution in [3.63, 3.8) is 0 Å². The molecule has 5 nitrogen and oxygen atoms in total. The van der Waals surface area contributed by atoms with Gasteiger partial charge in [0, 0.05) is 30.1 Å². The maximum atomic E-state index is 10.9. The van der Waals surface area contributed by atoms with Gasteiger partial charge in [-0.15, -0.1) is 0 Å². The fourth-order valence-corrected chi connectivity index (χ4v) is 3.08. The normalized spacial score (nSPS) is 17.9. The van der Waals surface area contributed by atoms with Crippen LogP contribution >= 0.6 is 0 Å². The minimum absolute atomic E-state index is 0.00894. The molecule has 126 valence electrons. The van der Waals surface area contributed by atoms with Crippen molar-refractivity contribution >= 4 is 5.69 Å². The number of benzene rings is 2. The van der Waals surface area contributed by atoms with E-state index in [-0.39, 0.29) is 22.1 Å². The van der Waals surface area contributed by atoms with Crippen molar-refractivity contribution in [1.29, 1.82) is 0 Å². The highest BCUT2D eigenvalue weighted by Crippen LogP contribution is 2.54. The molecular weight excluding hydrogens is 304 g/mol. The first-order chi connectivity index (χ1) is 11.5. The van der Waals surface area contributed by atoms with Gasteiger partial charge in [-0.25, -0.2) is 0 Å². The van der Waals surface area contributed by atoms with Crippen LogP contribution in [0, 0.1) is 15.5 Å². The molecular formula is C19H22N2O3. The van der Waals surface area contributed by atoms with Crippen molar-refractivity contribution < 1.29 is 10.0 Å². The van der Waals surface area contributed by atoms with E-state index in [9.17, 15) is 15.2 Å². The van der Waals surface area contributed by atoms with Crippen molar-refractivity contribution in [2.24, 2.45) is 5.41 Å². The number of nitrogens with zero attached hydrogens (tertiary/aromatic N) is 1. The third kappa shape index (κ3) is 3.47. The molecule has 0 amide bonds. The van der Waals surface area contributed by atoms with E-state index < -0.39 is 6.10 Å². The summed E-state index contributed by atoms with van der Waals surface area (Å²) < 4.78 is 0. The Kier molecular flexibility index (Phi) is 4.64. The first kappa shape index (κ1) is 16.6. The van der Waals surface area contributed by atoms with Gasteiger partial charge in [-0.1, -0.05) is 42.5 Å². The summed E-state index contributed by atoms with van der Waals surface area (Å²) in [7, 11) is 0. The predicted octanol–water partition coefficient (Wildman–Crippen LogP) is 3.76. The Balaban J connectivity index is 1.65. The van der Waals surface area contributed by atoms with Crippen molar-refractivity contribution in [2.75, 3.05) is 6.54 Å². The van der Waals surface area contributed by atoms with Crippen LogP contribution in [0.3, 0.4) is 0 Å². The highest BCUT2D eigenvalue weighted by molar-refractivity contribution is 5.35. The highest BCUT2D eigenvalue weighted by Gasteiger charge is 2.49. The minimum atomic E-state index is -0.483. The molecule has 0 aliphatic heterocycles. The van der Waals surface area contributed by atoms with Crippen molar-refractivity contribution in [1.82, 2.24) is 5.32 Å². The molecule has 2 N–H and O–H groups in total. The Morgan fingerprint density at radius 1 is 1.17 bits per heavy atom. The summed E-state index contributed by atoms with van der Waals surface area (Å²) in [6.07, 6.45) is 1.48. The Hall–Kier alpha value is -2.24. The monoisotopic (exact) mass is 326 g/mol. The second-order valence-electron chi connectivity index (χ2n) is 6.63. The molecule has 3 rings (SSSR count). The molecule has 5 heteroatoms. The SMILES string of the molecule is CC(NCC1(C(O)c2ccccc2)CC1)c1cccc([N+](=O)[O-])c1. The zero-order chi connectivity index (χ0) is 17.2. The van der Waals surface area contributed by atoms with Gasteiger partial charge in [-0.3, -0.25) is 10.1 Å². The molecule has 1 aliphatic rings. The largest absolute Gasteiger partial charge is 0.388 e. The van der Waals surface area contributed by atoms with Crippen LogP contribution in [-0.2, 0) is 0 Å². The summed E-state index contributed by atoms with van der Waals surface area (Å²) in [6, 6.07) is 16.4. The molecule has 1 saturated carbocycles. The Labute approximate surface area is 141 Å². The first-order valence-electron chi connectivity index (χ1n) is 8.23. The first-order valence-corrected chi connectivity index (χ1v) is 8.23. The zero-order valence-corrected chi connectivity index (χ0v) is 13.7. The summed E-state index contributed by atoms with van der Waals surface area (Å²) in [5.41, 5.74) is 1.80. The Morgan fingerprint density at radius 2 is 1.83 bits per heavy atom. The fourth-order valence-electron chi connectivity index (χ4n) is 3.08. The van der Waals surface area contributed by atoms with Crippen LogP contribution in [0.25, 0.3) is 0 Å². The van der Waals surface area contributed by atoms with Gasteiger partial charge in [0.15, 0.2) is 0 Å². The van der Waals surface area contributed by atoms with Crippen molar-refractivity contribution in [3.8, 4) is 0 Å². The standard InChI is InChI=1S/C19H22N2O3/c1-14(16-8-5-9-17(12-16)21(23)24)20-13-19(10-11-19)18(22)15-6-3-2-4-7-15/h2-9,12,14,18,20,22H,10-11,13H2,1H3. The molecule has 0 heterocycles. The highest BCUT2D eigenvalue weighted by atomic mass is 16.6. The van der Waals surface area contributed by atoms with E-state index in [1.54, 1.807) is 12.1 Å². The number of nitro benzene ring substituents is 1. The molecule has 0 radical (unpaired) electrons. The number of aliphatic hydroxyl groups excluding tert-OH is 1. The van der Waals surface area contributed by atoms with Crippen molar-refractivity contribution in [3.05, 3.63) is 75.8 Å². The van der Waals surface area contributed by atoms with Gasteiger partial charge in [0.1, 0.15) is 0 Å². The quantitative estimate of drug-likeness (QED) is 0.600. The van der Waals surface area contributed by atoms with Crippen LogP contribution in [0.2, 0.25) is 0 Å². The van der Waals surface area contributed by atoms with Gasteiger partial charge >= 0.3 is 0 Å². The van der Waals surface area contributed by atoms with Crippen LogP contribution < -0.4 is 5.32 Å². The van der Waals surface area contributed by atoms with Gasteiger partial charge in [0.25, 0.3) is 5.69 Å². The molecule has 2 aromatic rings. The lowest BCUT2D eigenvalue weighted by Gasteiger charge is -2.25. The average molecular weight is 326 g/mol. The van der Waals surface area contributed by atoms with E-state index >= 15 is 0 Å². The molecule has 1 aliphatic carbocycles. The molecule has 1 fully saturated rings. The number of aliphatic hydroxyl groups is 1. The smallest absolute Gasteiger partial charge is 0.269 e. The van der Waals surface area contributed by atoms with Crippen LogP contribution in [0.5, 0.6) is 0 Å². The minimum Gasteiger partial charge on any atom is -0.388 e. The Morgan fingerprint density at radius 3 is 2.46 bits per heavy atom. The van der Waals surface area contributed by atoms with Gasteiger partial charge in [-0.05, 0) is 30.9 Å². The number of rotatable bonds is 7. The second kappa shape index (κ2) is 6.71.